The van der Waals surface area contributed by atoms with Crippen LogP contribution in [0.3, 0.4) is 0 Å². The minimum absolute atomic E-state index is 0. The van der Waals surface area contributed by atoms with Crippen LogP contribution >= 0.6 is 12.4 Å². The van der Waals surface area contributed by atoms with Gasteiger partial charge in [0.1, 0.15) is 5.82 Å². The summed E-state index contributed by atoms with van der Waals surface area (Å²) in [5.41, 5.74) is 2.58. The first-order valence-corrected chi connectivity index (χ1v) is 8.28. The van der Waals surface area contributed by atoms with E-state index in [-0.39, 0.29) is 12.4 Å². The first-order valence-electron chi connectivity index (χ1n) is 8.28. The molecule has 0 spiro atoms. The van der Waals surface area contributed by atoms with Crippen LogP contribution in [0.4, 0.5) is 5.82 Å². The van der Waals surface area contributed by atoms with Gasteiger partial charge in [-0.3, -0.25) is 9.88 Å². The van der Waals surface area contributed by atoms with Gasteiger partial charge in [0, 0.05) is 64.4 Å². The van der Waals surface area contributed by atoms with Crippen molar-refractivity contribution in [2.24, 2.45) is 0 Å². The number of nitrogens with zero attached hydrogens (tertiary/aromatic N) is 4. The van der Waals surface area contributed by atoms with Crippen LogP contribution in [0, 0.1) is 0 Å². The van der Waals surface area contributed by atoms with Crippen molar-refractivity contribution >= 4 is 18.2 Å². The van der Waals surface area contributed by atoms with Gasteiger partial charge in [-0.1, -0.05) is 6.07 Å². The standard InChI is InChI=1S/C18H25N5.ClH/c1-3-22(2)18-5-4-15(12-21-18)14-23-11-10-20-13-17(23)16-6-8-19-9-7-16;/h4-9,12,17,20H,3,10-11,13-14H2,1-2H3;1H. The van der Waals surface area contributed by atoms with Crippen molar-refractivity contribution in [3.8, 4) is 0 Å². The van der Waals surface area contributed by atoms with Crippen molar-refractivity contribution in [1.29, 1.82) is 0 Å². The molecule has 2 aromatic heterocycles. The predicted molar refractivity (Wildman–Crippen MR) is 101 cm³/mol. The third-order valence-electron chi connectivity index (χ3n) is 4.51. The van der Waals surface area contributed by atoms with Crippen LogP contribution in [-0.4, -0.2) is 48.1 Å². The van der Waals surface area contributed by atoms with Crippen molar-refractivity contribution in [3.63, 3.8) is 0 Å². The number of hydrogen-bond acceptors (Lipinski definition) is 5. The van der Waals surface area contributed by atoms with Gasteiger partial charge in [-0.05, 0) is 36.2 Å². The van der Waals surface area contributed by atoms with Gasteiger partial charge in [-0.2, -0.15) is 0 Å². The Balaban J connectivity index is 0.00000208. The van der Waals surface area contributed by atoms with E-state index in [4.69, 9.17) is 0 Å². The monoisotopic (exact) mass is 347 g/mol. The molecular weight excluding hydrogens is 322 g/mol. The Bertz CT molecular complexity index is 605. The third kappa shape index (κ3) is 4.44. The maximum absolute atomic E-state index is 4.59. The molecule has 24 heavy (non-hydrogen) atoms. The highest BCUT2D eigenvalue weighted by atomic mass is 35.5. The molecule has 1 aliphatic heterocycles. The Kier molecular flexibility index (Phi) is 6.97. The normalized spacial score (nSPS) is 18.0. The molecule has 1 saturated heterocycles. The lowest BCUT2D eigenvalue weighted by Crippen LogP contribution is -2.45. The number of pyridine rings is 2. The molecule has 0 amide bonds. The second-order valence-corrected chi connectivity index (χ2v) is 6.01. The second-order valence-electron chi connectivity index (χ2n) is 6.01. The van der Waals surface area contributed by atoms with Gasteiger partial charge in [0.2, 0.25) is 0 Å². The van der Waals surface area contributed by atoms with Crippen LogP contribution in [0.1, 0.15) is 24.1 Å². The van der Waals surface area contributed by atoms with E-state index in [2.05, 4.69) is 63.3 Å². The first kappa shape index (κ1) is 18.6. The Morgan fingerprint density at radius 3 is 2.71 bits per heavy atom. The van der Waals surface area contributed by atoms with Crippen LogP contribution in [0.25, 0.3) is 0 Å². The molecule has 1 unspecified atom stereocenters. The highest BCUT2D eigenvalue weighted by molar-refractivity contribution is 5.85. The molecule has 0 radical (unpaired) electrons. The fourth-order valence-corrected chi connectivity index (χ4v) is 2.98. The zero-order valence-corrected chi connectivity index (χ0v) is 15.2. The quantitative estimate of drug-likeness (QED) is 0.900. The molecule has 130 valence electrons. The average Bonchev–Trinajstić information content (AvgIpc) is 2.63. The second kappa shape index (κ2) is 8.97. The summed E-state index contributed by atoms with van der Waals surface area (Å²) in [4.78, 5) is 13.4. The zero-order chi connectivity index (χ0) is 16.1. The molecule has 5 nitrogen and oxygen atoms in total. The lowest BCUT2D eigenvalue weighted by molar-refractivity contribution is 0.153. The maximum atomic E-state index is 4.59. The third-order valence-corrected chi connectivity index (χ3v) is 4.51. The van der Waals surface area contributed by atoms with E-state index in [0.717, 1.165) is 38.5 Å². The minimum atomic E-state index is 0. The van der Waals surface area contributed by atoms with E-state index >= 15 is 0 Å². The Morgan fingerprint density at radius 1 is 1.25 bits per heavy atom. The van der Waals surface area contributed by atoms with Gasteiger partial charge in [0.05, 0.1) is 0 Å². The maximum Gasteiger partial charge on any atom is 0.128 e. The minimum Gasteiger partial charge on any atom is -0.360 e. The van der Waals surface area contributed by atoms with Crippen molar-refractivity contribution in [3.05, 3.63) is 54.0 Å². The van der Waals surface area contributed by atoms with Gasteiger partial charge in [-0.15, -0.1) is 12.4 Å². The summed E-state index contributed by atoms with van der Waals surface area (Å²) in [7, 11) is 2.07. The lowest BCUT2D eigenvalue weighted by atomic mass is 10.0. The van der Waals surface area contributed by atoms with E-state index in [1.54, 1.807) is 0 Å². The number of hydrogen-bond donors (Lipinski definition) is 1. The Morgan fingerprint density at radius 2 is 2.04 bits per heavy atom. The summed E-state index contributed by atoms with van der Waals surface area (Å²) >= 11 is 0. The Labute approximate surface area is 150 Å². The van der Waals surface area contributed by atoms with Gasteiger partial charge >= 0.3 is 0 Å². The molecule has 2 aromatic rings. The zero-order valence-electron chi connectivity index (χ0n) is 14.4. The average molecular weight is 348 g/mol. The van der Waals surface area contributed by atoms with Gasteiger partial charge in [0.15, 0.2) is 0 Å². The van der Waals surface area contributed by atoms with Crippen molar-refractivity contribution < 1.29 is 0 Å². The van der Waals surface area contributed by atoms with Crippen LogP contribution in [0.5, 0.6) is 0 Å². The molecule has 1 fully saturated rings. The van der Waals surface area contributed by atoms with E-state index in [0.29, 0.717) is 6.04 Å². The summed E-state index contributed by atoms with van der Waals surface area (Å²) in [6.07, 6.45) is 5.76. The molecule has 1 N–H and O–H groups in total. The van der Waals surface area contributed by atoms with E-state index in [1.165, 1.54) is 11.1 Å². The summed E-state index contributed by atoms with van der Waals surface area (Å²) in [5.74, 6) is 1.03. The van der Waals surface area contributed by atoms with Crippen molar-refractivity contribution in [2.45, 2.75) is 19.5 Å². The fraction of sp³-hybridized carbons (Fsp3) is 0.444. The first-order chi connectivity index (χ1) is 11.3. The van der Waals surface area contributed by atoms with E-state index in [9.17, 15) is 0 Å². The number of piperazine rings is 1. The summed E-state index contributed by atoms with van der Waals surface area (Å²) < 4.78 is 0. The molecule has 6 heteroatoms. The van der Waals surface area contributed by atoms with Crippen LogP contribution in [-0.2, 0) is 6.54 Å². The van der Waals surface area contributed by atoms with Crippen LogP contribution in [0.15, 0.2) is 42.9 Å². The summed E-state index contributed by atoms with van der Waals surface area (Å²) in [6.45, 7) is 7.09. The van der Waals surface area contributed by atoms with Crippen molar-refractivity contribution in [2.75, 3.05) is 38.1 Å². The lowest BCUT2D eigenvalue weighted by Gasteiger charge is -2.36. The van der Waals surface area contributed by atoms with Gasteiger partial charge in [0.25, 0.3) is 0 Å². The highest BCUT2D eigenvalue weighted by Crippen LogP contribution is 2.23. The van der Waals surface area contributed by atoms with Crippen LogP contribution < -0.4 is 10.2 Å². The fourth-order valence-electron chi connectivity index (χ4n) is 2.98. The largest absolute Gasteiger partial charge is 0.360 e. The molecule has 0 aromatic carbocycles. The molecule has 0 aliphatic carbocycles. The van der Waals surface area contributed by atoms with E-state index in [1.807, 2.05) is 18.6 Å². The molecule has 0 bridgehead atoms. The topological polar surface area (TPSA) is 44.3 Å². The Hall–Kier alpha value is -1.69. The number of halogens is 1. The predicted octanol–water partition coefficient (Wildman–Crippen LogP) is 2.50. The number of aromatic nitrogens is 2. The summed E-state index contributed by atoms with van der Waals surface area (Å²) in [6, 6.07) is 8.93. The van der Waals surface area contributed by atoms with Crippen molar-refractivity contribution in [1.82, 2.24) is 20.2 Å². The molecule has 0 saturated carbocycles. The number of anilines is 1. The SMILES string of the molecule is CCN(C)c1ccc(CN2CCNCC2c2ccncc2)cn1.Cl. The van der Waals surface area contributed by atoms with Crippen LogP contribution in [0.2, 0.25) is 0 Å². The molecule has 1 aliphatic rings. The molecule has 3 heterocycles. The van der Waals surface area contributed by atoms with Gasteiger partial charge < -0.3 is 10.2 Å². The highest BCUT2D eigenvalue weighted by Gasteiger charge is 2.23. The molecule has 1 atom stereocenters. The molecular formula is C18H26ClN5. The number of rotatable bonds is 5. The van der Waals surface area contributed by atoms with E-state index < -0.39 is 0 Å². The molecule has 3 rings (SSSR count). The van der Waals surface area contributed by atoms with Gasteiger partial charge in [-0.25, -0.2) is 4.98 Å². The number of nitrogens with one attached hydrogen (secondary N) is 1. The smallest absolute Gasteiger partial charge is 0.128 e. The summed E-state index contributed by atoms with van der Waals surface area (Å²) in [5, 5.41) is 3.50.